The normalized spacial score (nSPS) is 16.4. The first-order valence-electron chi connectivity index (χ1n) is 5.72. The number of alkyl halides is 2. The number of carboxylic acids is 1. The minimum atomic E-state index is -4.10. The van der Waals surface area contributed by atoms with Crippen molar-refractivity contribution in [2.75, 3.05) is 0 Å². The monoisotopic (exact) mass is 285 g/mol. The lowest BCUT2D eigenvalue weighted by molar-refractivity contribution is -0.205. The Morgan fingerprint density at radius 2 is 1.84 bits per heavy atom. The predicted molar refractivity (Wildman–Crippen MR) is 60.5 cm³/mol. The highest BCUT2D eigenvalue weighted by Crippen LogP contribution is 2.30. The summed E-state index contributed by atoms with van der Waals surface area (Å²) in [7, 11) is 0. The van der Waals surface area contributed by atoms with Crippen molar-refractivity contribution in [1.82, 2.24) is 5.12 Å². The number of hydrogen-bond donors (Lipinski definition) is 1. The van der Waals surface area contributed by atoms with Gasteiger partial charge in [-0.05, 0) is 27.2 Å². The Bertz CT molecular complexity index is 345. The summed E-state index contributed by atoms with van der Waals surface area (Å²) < 4.78 is 45.5. The van der Waals surface area contributed by atoms with Gasteiger partial charge in [0.1, 0.15) is 5.60 Å². The fourth-order valence-corrected chi connectivity index (χ4v) is 1.22. The minimum Gasteiger partial charge on any atom is -0.477 e. The van der Waals surface area contributed by atoms with Gasteiger partial charge in [-0.25, -0.2) is 18.4 Å². The number of ether oxygens (including phenoxy) is 1. The average Bonchev–Trinajstić information content (AvgIpc) is 2.24. The molecule has 19 heavy (non-hydrogen) atoms. The van der Waals surface area contributed by atoms with Crippen molar-refractivity contribution in [2.24, 2.45) is 0 Å². The maximum absolute atomic E-state index is 14.0. The third-order valence-corrected chi connectivity index (χ3v) is 2.10. The molecule has 0 aliphatic carbocycles. The molecule has 0 aromatic rings. The topological polar surface area (TPSA) is 66.8 Å². The summed E-state index contributed by atoms with van der Waals surface area (Å²) in [5, 5.41) is 7.30. The zero-order chi connectivity index (χ0) is 15.4. The van der Waals surface area contributed by atoms with Gasteiger partial charge >= 0.3 is 17.9 Å². The number of nitrogens with zero attached hydrogens (tertiary/aromatic N) is 1. The Labute approximate surface area is 109 Å². The largest absolute Gasteiger partial charge is 0.477 e. The molecule has 0 heterocycles. The van der Waals surface area contributed by atoms with Crippen LogP contribution < -0.4 is 0 Å². The van der Waals surface area contributed by atoms with E-state index >= 15 is 0 Å². The van der Waals surface area contributed by atoms with E-state index in [2.05, 4.69) is 4.74 Å². The van der Waals surface area contributed by atoms with E-state index < -0.39 is 41.2 Å². The molecule has 2 unspecified atom stereocenters. The molecule has 8 heteroatoms. The van der Waals surface area contributed by atoms with Crippen LogP contribution in [0.4, 0.5) is 18.1 Å². The number of carboxylic acid groups (broad SMARTS) is 1. The molecule has 0 rings (SSSR count). The van der Waals surface area contributed by atoms with Gasteiger partial charge in [0, 0.05) is 0 Å². The Morgan fingerprint density at radius 3 is 2.16 bits per heavy atom. The first-order chi connectivity index (χ1) is 8.46. The molecule has 0 fully saturated rings. The van der Waals surface area contributed by atoms with E-state index in [1.807, 2.05) is 0 Å². The zero-order valence-electron chi connectivity index (χ0n) is 11.2. The molecule has 1 amide bonds. The Kier molecular flexibility index (Phi) is 5.64. The van der Waals surface area contributed by atoms with Gasteiger partial charge in [-0.15, -0.1) is 0 Å². The molecule has 2 atom stereocenters. The lowest BCUT2D eigenvalue weighted by atomic mass is 10.1. The number of carbonyl (C=O) groups is 2. The number of rotatable bonds is 5. The Balaban J connectivity index is 5.19. The maximum atomic E-state index is 14.0. The third-order valence-electron chi connectivity index (χ3n) is 2.10. The number of hydrogen-bond acceptors (Lipinski definition) is 3. The second-order valence-electron chi connectivity index (χ2n) is 5.00. The van der Waals surface area contributed by atoms with E-state index in [0.717, 1.165) is 0 Å². The van der Waals surface area contributed by atoms with Crippen LogP contribution in [0.1, 0.15) is 40.5 Å². The lowest BCUT2D eigenvalue weighted by Gasteiger charge is -2.30. The van der Waals surface area contributed by atoms with Crippen molar-refractivity contribution in [3.8, 4) is 0 Å². The van der Waals surface area contributed by atoms with E-state index in [0.29, 0.717) is 0 Å². The van der Waals surface area contributed by atoms with Crippen LogP contribution in [-0.2, 0) is 9.53 Å². The molecule has 0 saturated heterocycles. The number of halogens is 3. The number of aliphatic carboxylic acids is 1. The summed E-state index contributed by atoms with van der Waals surface area (Å²) in [6, 6.07) is 0. The molecule has 1 N–H and O–H groups in total. The van der Waals surface area contributed by atoms with Crippen molar-refractivity contribution < 1.29 is 32.7 Å². The van der Waals surface area contributed by atoms with Crippen LogP contribution in [0.25, 0.3) is 0 Å². The fourth-order valence-electron chi connectivity index (χ4n) is 1.22. The smallest absolute Gasteiger partial charge is 0.442 e. The van der Waals surface area contributed by atoms with Crippen LogP contribution in [0, 0.1) is 0 Å². The van der Waals surface area contributed by atoms with Crippen LogP contribution in [-0.4, -0.2) is 39.9 Å². The molecule has 0 radical (unpaired) electrons. The van der Waals surface area contributed by atoms with E-state index in [9.17, 15) is 22.9 Å². The Morgan fingerprint density at radius 1 is 1.37 bits per heavy atom. The number of carbonyl (C=O) groups excluding carboxylic acids is 1. The molecule has 0 spiro atoms. The van der Waals surface area contributed by atoms with Gasteiger partial charge in [0.05, 0.1) is 0 Å². The van der Waals surface area contributed by atoms with Crippen molar-refractivity contribution in [3.63, 3.8) is 0 Å². The SMILES string of the molecule is CCCC(F)C(F)(C(=O)O)N(F)C(=O)OC(C)(C)C. The van der Waals surface area contributed by atoms with Gasteiger partial charge in [0.25, 0.3) is 0 Å². The van der Waals surface area contributed by atoms with Crippen LogP contribution in [0.5, 0.6) is 0 Å². The van der Waals surface area contributed by atoms with Crippen molar-refractivity contribution in [3.05, 3.63) is 0 Å². The first kappa shape index (κ1) is 17.5. The van der Waals surface area contributed by atoms with Crippen LogP contribution >= 0.6 is 0 Å². The Hall–Kier alpha value is -1.47. The molecular weight excluding hydrogens is 267 g/mol. The summed E-state index contributed by atoms with van der Waals surface area (Å²) in [6.07, 6.45) is -5.06. The van der Waals surface area contributed by atoms with E-state index in [1.165, 1.54) is 27.7 Å². The molecule has 0 bridgehead atoms. The van der Waals surface area contributed by atoms with Gasteiger partial charge in [-0.2, -0.15) is 0 Å². The molecule has 112 valence electrons. The van der Waals surface area contributed by atoms with Gasteiger partial charge in [-0.3, -0.25) is 0 Å². The van der Waals surface area contributed by atoms with E-state index in [4.69, 9.17) is 5.11 Å². The average molecular weight is 285 g/mol. The molecule has 0 aliphatic heterocycles. The first-order valence-corrected chi connectivity index (χ1v) is 5.72. The second kappa shape index (κ2) is 6.12. The molecule has 5 nitrogen and oxygen atoms in total. The van der Waals surface area contributed by atoms with Crippen LogP contribution in [0.3, 0.4) is 0 Å². The highest BCUT2D eigenvalue weighted by molar-refractivity contribution is 5.82. The van der Waals surface area contributed by atoms with Crippen molar-refractivity contribution in [2.45, 2.75) is 58.1 Å². The van der Waals surface area contributed by atoms with E-state index in [1.54, 1.807) is 0 Å². The summed E-state index contributed by atoms with van der Waals surface area (Å²) in [6.45, 7) is 5.58. The van der Waals surface area contributed by atoms with Crippen LogP contribution in [0.2, 0.25) is 0 Å². The molecular formula is C11H18F3NO4. The van der Waals surface area contributed by atoms with Gasteiger partial charge in [0.15, 0.2) is 6.17 Å². The van der Waals surface area contributed by atoms with Crippen molar-refractivity contribution >= 4 is 12.1 Å². The summed E-state index contributed by atoms with van der Waals surface area (Å²) >= 11 is 0. The number of amides is 1. The highest BCUT2D eigenvalue weighted by Gasteiger charge is 2.57. The van der Waals surface area contributed by atoms with E-state index in [-0.39, 0.29) is 6.42 Å². The summed E-state index contributed by atoms with van der Waals surface area (Å²) in [4.78, 5) is 22.0. The van der Waals surface area contributed by atoms with Gasteiger partial charge in [-0.1, -0.05) is 22.9 Å². The van der Waals surface area contributed by atoms with Gasteiger partial charge < -0.3 is 9.84 Å². The fraction of sp³-hybridized carbons (Fsp3) is 0.818. The second-order valence-corrected chi connectivity index (χ2v) is 5.00. The lowest BCUT2D eigenvalue weighted by Crippen LogP contribution is -2.57. The standard InChI is InChI=1S/C11H18F3NO4/c1-5-6-7(12)11(13,8(16)17)15(14)9(18)19-10(2,3)4/h7H,5-6H2,1-4H3,(H,16,17). The zero-order valence-corrected chi connectivity index (χ0v) is 11.2. The third kappa shape index (κ3) is 4.29. The van der Waals surface area contributed by atoms with Crippen LogP contribution in [0.15, 0.2) is 0 Å². The predicted octanol–water partition coefficient (Wildman–Crippen LogP) is 3.00. The quantitative estimate of drug-likeness (QED) is 0.623. The molecule has 0 saturated carbocycles. The minimum absolute atomic E-state index is 0.0856. The molecule has 0 aromatic carbocycles. The van der Waals surface area contributed by atoms with Crippen molar-refractivity contribution in [1.29, 1.82) is 0 Å². The molecule has 0 aromatic heterocycles. The highest BCUT2D eigenvalue weighted by atomic mass is 19.2. The summed E-state index contributed by atoms with van der Waals surface area (Å²) in [5.74, 6) is -6.53. The molecule has 0 aliphatic rings. The summed E-state index contributed by atoms with van der Waals surface area (Å²) in [5.41, 5.74) is -1.17. The maximum Gasteiger partial charge on any atom is 0.442 e. The van der Waals surface area contributed by atoms with Gasteiger partial charge in [0.2, 0.25) is 0 Å².